The summed E-state index contributed by atoms with van der Waals surface area (Å²) in [5.74, 6) is 0.0334. The van der Waals surface area contributed by atoms with Crippen LogP contribution in [-0.4, -0.2) is 45.9 Å². The number of aromatic nitrogens is 1. The van der Waals surface area contributed by atoms with E-state index in [0.29, 0.717) is 16.4 Å². The first-order valence-electron chi connectivity index (χ1n) is 8.15. The number of anilines is 1. The van der Waals surface area contributed by atoms with Gasteiger partial charge in [-0.3, -0.25) is 14.4 Å². The zero-order valence-electron chi connectivity index (χ0n) is 13.7. The Labute approximate surface area is 158 Å². The quantitative estimate of drug-likeness (QED) is 0.816. The summed E-state index contributed by atoms with van der Waals surface area (Å²) in [7, 11) is 0. The lowest BCUT2D eigenvalue weighted by Gasteiger charge is -2.22. The first-order valence-corrected chi connectivity index (χ1v) is 10.1. The molecular weight excluding hydrogens is 372 g/mol. The van der Waals surface area contributed by atoms with E-state index in [0.717, 1.165) is 5.56 Å². The molecule has 0 unspecified atom stereocenters. The minimum absolute atomic E-state index is 0.0948. The molecule has 1 aromatic heterocycles. The van der Waals surface area contributed by atoms with Gasteiger partial charge in [0.1, 0.15) is 11.4 Å². The van der Waals surface area contributed by atoms with Crippen LogP contribution < -0.4 is 10.6 Å². The summed E-state index contributed by atoms with van der Waals surface area (Å²) < 4.78 is 0. The van der Waals surface area contributed by atoms with Gasteiger partial charge >= 0.3 is 0 Å². The topological polar surface area (TPSA) is 91.4 Å². The van der Waals surface area contributed by atoms with Crippen molar-refractivity contribution < 1.29 is 14.4 Å². The van der Waals surface area contributed by atoms with Crippen molar-refractivity contribution in [2.24, 2.45) is 0 Å². The molecule has 2 atom stereocenters. The average molecular weight is 388 g/mol. The molecule has 134 valence electrons. The molecule has 0 radical (unpaired) electrons. The third-order valence-electron chi connectivity index (χ3n) is 4.32. The fraction of sp³-hybridized carbons (Fsp3) is 0.294. The Morgan fingerprint density at radius 3 is 2.96 bits per heavy atom. The third kappa shape index (κ3) is 3.08. The second-order valence-corrected chi connectivity index (χ2v) is 7.94. The molecular formula is C17H16N4O3S2. The Bertz CT molecular complexity index is 855. The smallest absolute Gasteiger partial charge is 0.256 e. The lowest BCUT2D eigenvalue weighted by atomic mass is 10.1. The summed E-state index contributed by atoms with van der Waals surface area (Å²) >= 11 is 2.94. The maximum Gasteiger partial charge on any atom is 0.256 e. The second-order valence-electron chi connectivity index (χ2n) is 5.93. The van der Waals surface area contributed by atoms with Crippen LogP contribution in [0.5, 0.6) is 0 Å². The van der Waals surface area contributed by atoms with Crippen LogP contribution in [0, 0.1) is 0 Å². The number of carbonyl (C=O) groups excluding carboxylic acids is 3. The van der Waals surface area contributed by atoms with E-state index < -0.39 is 6.04 Å². The van der Waals surface area contributed by atoms with Crippen molar-refractivity contribution in [3.8, 4) is 0 Å². The summed E-state index contributed by atoms with van der Waals surface area (Å²) in [4.78, 5) is 42.6. The summed E-state index contributed by atoms with van der Waals surface area (Å²) in [6, 6.07) is 6.97. The van der Waals surface area contributed by atoms with Gasteiger partial charge in [-0.2, -0.15) is 0 Å². The average Bonchev–Trinajstić information content (AvgIpc) is 3.34. The van der Waals surface area contributed by atoms with Crippen molar-refractivity contribution in [2.75, 3.05) is 17.6 Å². The lowest BCUT2D eigenvalue weighted by molar-refractivity contribution is -0.124. The third-order valence-corrected chi connectivity index (χ3v) is 6.32. The van der Waals surface area contributed by atoms with Gasteiger partial charge in [0, 0.05) is 35.9 Å². The van der Waals surface area contributed by atoms with Gasteiger partial charge in [-0.15, -0.1) is 23.1 Å². The Balaban J connectivity index is 1.32. The molecule has 1 aromatic carbocycles. The zero-order chi connectivity index (χ0) is 18.1. The highest BCUT2D eigenvalue weighted by atomic mass is 32.2. The molecule has 2 aliphatic heterocycles. The van der Waals surface area contributed by atoms with Crippen LogP contribution >= 0.6 is 23.1 Å². The first-order chi connectivity index (χ1) is 12.6. The van der Waals surface area contributed by atoms with E-state index in [-0.39, 0.29) is 36.1 Å². The fourth-order valence-electron chi connectivity index (χ4n) is 3.13. The van der Waals surface area contributed by atoms with E-state index in [4.69, 9.17) is 0 Å². The molecule has 0 saturated carbocycles. The van der Waals surface area contributed by atoms with E-state index >= 15 is 0 Å². The van der Waals surface area contributed by atoms with Crippen LogP contribution in [0.3, 0.4) is 0 Å². The number of carbonyl (C=O) groups is 3. The van der Waals surface area contributed by atoms with Crippen molar-refractivity contribution in [3.05, 3.63) is 47.0 Å². The summed E-state index contributed by atoms with van der Waals surface area (Å²) in [6.07, 6.45) is 1.77. The second kappa shape index (κ2) is 7.08. The standard InChI is InChI=1S/C17H16N4O3S2/c22-13(20-17-19-7-8-25-17)5-6-18-14(23)12-9-26-16-11-4-2-1-3-10(11)15(24)21(12)16/h1-4,7-8,12,16H,5-6,9H2,(H,18,23)(H,19,20,22)/t12-,16-/m0/s1. The highest BCUT2D eigenvalue weighted by Gasteiger charge is 2.48. The maximum absolute atomic E-state index is 12.6. The van der Waals surface area contributed by atoms with E-state index in [1.165, 1.54) is 11.3 Å². The predicted molar refractivity (Wildman–Crippen MR) is 100.0 cm³/mol. The normalized spacial score (nSPS) is 20.6. The van der Waals surface area contributed by atoms with E-state index in [2.05, 4.69) is 15.6 Å². The molecule has 1 saturated heterocycles. The molecule has 3 heterocycles. The number of thiazole rings is 1. The van der Waals surface area contributed by atoms with Gasteiger partial charge in [-0.1, -0.05) is 18.2 Å². The van der Waals surface area contributed by atoms with Crippen molar-refractivity contribution in [1.29, 1.82) is 0 Å². The van der Waals surface area contributed by atoms with Crippen LogP contribution in [0.4, 0.5) is 5.13 Å². The summed E-state index contributed by atoms with van der Waals surface area (Å²) in [6.45, 7) is 0.219. The summed E-state index contributed by atoms with van der Waals surface area (Å²) in [5.41, 5.74) is 1.64. The number of amides is 3. The molecule has 4 rings (SSSR count). The molecule has 1 fully saturated rings. The van der Waals surface area contributed by atoms with E-state index in [1.807, 2.05) is 18.2 Å². The monoisotopic (exact) mass is 388 g/mol. The number of nitrogens with zero attached hydrogens (tertiary/aromatic N) is 2. The SMILES string of the molecule is O=C(CCNC(=O)[C@@H]1CS[C@H]2c3ccccc3C(=O)N12)Nc1nccs1. The Hall–Kier alpha value is -2.39. The Kier molecular flexibility index (Phi) is 4.64. The van der Waals surface area contributed by atoms with Crippen LogP contribution in [-0.2, 0) is 9.59 Å². The predicted octanol–water partition coefficient (Wildman–Crippen LogP) is 1.86. The highest BCUT2D eigenvalue weighted by molar-refractivity contribution is 7.99. The molecule has 3 amide bonds. The maximum atomic E-state index is 12.6. The molecule has 26 heavy (non-hydrogen) atoms. The Morgan fingerprint density at radius 1 is 1.31 bits per heavy atom. The van der Waals surface area contributed by atoms with Gasteiger partial charge in [0.25, 0.3) is 5.91 Å². The van der Waals surface area contributed by atoms with E-state index in [9.17, 15) is 14.4 Å². The van der Waals surface area contributed by atoms with Gasteiger partial charge in [-0.25, -0.2) is 4.98 Å². The molecule has 0 spiro atoms. The van der Waals surface area contributed by atoms with Crippen LogP contribution in [0.1, 0.15) is 27.7 Å². The van der Waals surface area contributed by atoms with Gasteiger partial charge in [0.15, 0.2) is 5.13 Å². The number of benzene rings is 1. The molecule has 9 heteroatoms. The number of thioether (sulfide) groups is 1. The lowest BCUT2D eigenvalue weighted by Crippen LogP contribution is -2.46. The minimum Gasteiger partial charge on any atom is -0.354 e. The highest BCUT2D eigenvalue weighted by Crippen LogP contribution is 2.47. The molecule has 2 aromatic rings. The zero-order valence-corrected chi connectivity index (χ0v) is 15.3. The number of hydrogen-bond acceptors (Lipinski definition) is 6. The van der Waals surface area contributed by atoms with E-state index in [1.54, 1.807) is 34.3 Å². The summed E-state index contributed by atoms with van der Waals surface area (Å²) in [5, 5.41) is 7.66. The van der Waals surface area contributed by atoms with Crippen molar-refractivity contribution in [2.45, 2.75) is 17.8 Å². The molecule has 2 aliphatic rings. The number of fused-ring (bicyclic) bond motifs is 3. The van der Waals surface area contributed by atoms with Crippen LogP contribution in [0.2, 0.25) is 0 Å². The number of hydrogen-bond donors (Lipinski definition) is 2. The van der Waals surface area contributed by atoms with Gasteiger partial charge in [0.2, 0.25) is 11.8 Å². The fourth-order valence-corrected chi connectivity index (χ4v) is 5.14. The molecule has 0 aliphatic carbocycles. The van der Waals surface area contributed by atoms with Gasteiger partial charge in [-0.05, 0) is 11.6 Å². The first kappa shape index (κ1) is 17.0. The van der Waals surface area contributed by atoms with Gasteiger partial charge < -0.3 is 15.5 Å². The Morgan fingerprint density at radius 2 is 2.15 bits per heavy atom. The number of rotatable bonds is 5. The molecule has 0 bridgehead atoms. The largest absolute Gasteiger partial charge is 0.354 e. The van der Waals surface area contributed by atoms with Crippen LogP contribution in [0.15, 0.2) is 35.8 Å². The minimum atomic E-state index is -0.507. The van der Waals surface area contributed by atoms with Crippen molar-refractivity contribution >= 4 is 46.0 Å². The molecule has 2 N–H and O–H groups in total. The van der Waals surface area contributed by atoms with Gasteiger partial charge in [0.05, 0.1) is 0 Å². The number of nitrogens with one attached hydrogen (secondary N) is 2. The molecule has 7 nitrogen and oxygen atoms in total. The van der Waals surface area contributed by atoms with Crippen molar-refractivity contribution in [3.63, 3.8) is 0 Å². The van der Waals surface area contributed by atoms with Crippen LogP contribution in [0.25, 0.3) is 0 Å². The van der Waals surface area contributed by atoms with Crippen molar-refractivity contribution in [1.82, 2.24) is 15.2 Å².